The second kappa shape index (κ2) is 8.26. The van der Waals surface area contributed by atoms with E-state index in [0.717, 1.165) is 29.8 Å². The van der Waals surface area contributed by atoms with Gasteiger partial charge in [-0.2, -0.15) is 5.10 Å². The molecule has 1 aliphatic heterocycles. The average Bonchev–Trinajstić information content (AvgIpc) is 3.25. The molecule has 0 saturated carbocycles. The summed E-state index contributed by atoms with van der Waals surface area (Å²) < 4.78 is 0. The highest BCUT2D eigenvalue weighted by atomic mass is 16.4. The summed E-state index contributed by atoms with van der Waals surface area (Å²) in [6.07, 6.45) is 1.96. The molecule has 0 atom stereocenters. The molecule has 2 heterocycles. The van der Waals surface area contributed by atoms with Crippen molar-refractivity contribution in [3.63, 3.8) is 0 Å². The van der Waals surface area contributed by atoms with Gasteiger partial charge in [0.05, 0.1) is 12.0 Å². The van der Waals surface area contributed by atoms with Crippen LogP contribution in [0.5, 0.6) is 0 Å². The molecule has 2 N–H and O–H groups in total. The number of H-pyrrole nitrogens is 1. The van der Waals surface area contributed by atoms with Crippen molar-refractivity contribution in [2.24, 2.45) is 0 Å². The van der Waals surface area contributed by atoms with Crippen LogP contribution in [-0.4, -0.2) is 50.2 Å². The van der Waals surface area contributed by atoms with Crippen molar-refractivity contribution in [2.45, 2.75) is 25.2 Å². The normalized spacial score (nSPS) is 14.7. The minimum absolute atomic E-state index is 0.0640. The molecule has 0 spiro atoms. The molecule has 0 radical (unpaired) electrons. The Balaban J connectivity index is 1.33. The van der Waals surface area contributed by atoms with Gasteiger partial charge in [0, 0.05) is 24.6 Å². The first-order chi connectivity index (χ1) is 14.1. The highest BCUT2D eigenvalue weighted by Gasteiger charge is 2.26. The molecule has 0 aliphatic carbocycles. The second-order valence-electron chi connectivity index (χ2n) is 7.24. The predicted molar refractivity (Wildman–Crippen MR) is 107 cm³/mol. The molecule has 0 bridgehead atoms. The minimum Gasteiger partial charge on any atom is -0.478 e. The molecule has 2 aromatic carbocycles. The number of amides is 1. The third-order valence-corrected chi connectivity index (χ3v) is 5.33. The van der Waals surface area contributed by atoms with Gasteiger partial charge in [-0.1, -0.05) is 42.5 Å². The number of carbonyl (C=O) groups excluding carboxylic acids is 1. The smallest absolute Gasteiger partial charge is 0.335 e. The van der Waals surface area contributed by atoms with E-state index in [0.29, 0.717) is 18.9 Å². The van der Waals surface area contributed by atoms with Crippen LogP contribution in [0.4, 0.5) is 0 Å². The lowest BCUT2D eigenvalue weighted by atomic mass is 9.95. The Hall–Kier alpha value is -3.48. The molecule has 1 fully saturated rings. The Morgan fingerprint density at radius 3 is 2.38 bits per heavy atom. The van der Waals surface area contributed by atoms with Crippen molar-refractivity contribution >= 4 is 11.9 Å². The fourth-order valence-electron chi connectivity index (χ4n) is 3.63. The van der Waals surface area contributed by atoms with Crippen molar-refractivity contribution in [3.8, 4) is 11.4 Å². The summed E-state index contributed by atoms with van der Waals surface area (Å²) in [4.78, 5) is 30.0. The summed E-state index contributed by atoms with van der Waals surface area (Å²) in [7, 11) is 0. The molecule has 1 aliphatic rings. The SMILES string of the molecule is O=C(O)c1ccc(CC(=O)N2CCC(c3nc(-c4ccccc4)n[nH]3)CC2)cc1. The van der Waals surface area contributed by atoms with E-state index in [9.17, 15) is 9.59 Å². The van der Waals surface area contributed by atoms with E-state index >= 15 is 0 Å². The van der Waals surface area contributed by atoms with Gasteiger partial charge in [0.2, 0.25) is 5.91 Å². The van der Waals surface area contributed by atoms with Crippen LogP contribution in [0.25, 0.3) is 11.4 Å². The molecule has 148 valence electrons. The summed E-state index contributed by atoms with van der Waals surface area (Å²) in [5.41, 5.74) is 2.03. The van der Waals surface area contributed by atoms with Crippen LogP contribution in [0.1, 0.15) is 40.5 Å². The monoisotopic (exact) mass is 390 g/mol. The first-order valence-electron chi connectivity index (χ1n) is 9.68. The first kappa shape index (κ1) is 18.9. The molecule has 7 heteroatoms. The molecule has 3 aromatic rings. The molecular formula is C22H22N4O3. The first-order valence-corrected chi connectivity index (χ1v) is 9.68. The van der Waals surface area contributed by atoms with Gasteiger partial charge in [0.1, 0.15) is 5.82 Å². The Bertz CT molecular complexity index is 990. The zero-order chi connectivity index (χ0) is 20.2. The van der Waals surface area contributed by atoms with E-state index in [1.54, 1.807) is 12.1 Å². The van der Waals surface area contributed by atoms with Crippen molar-refractivity contribution in [3.05, 3.63) is 71.5 Å². The lowest BCUT2D eigenvalue weighted by molar-refractivity contribution is -0.131. The van der Waals surface area contributed by atoms with Crippen LogP contribution in [0, 0.1) is 0 Å². The van der Waals surface area contributed by atoms with E-state index in [4.69, 9.17) is 5.11 Å². The number of hydrogen-bond donors (Lipinski definition) is 2. The third kappa shape index (κ3) is 4.34. The fourth-order valence-corrected chi connectivity index (χ4v) is 3.63. The number of hydrogen-bond acceptors (Lipinski definition) is 4. The highest BCUT2D eigenvalue weighted by molar-refractivity contribution is 5.87. The van der Waals surface area contributed by atoms with Crippen LogP contribution in [0.2, 0.25) is 0 Å². The zero-order valence-electron chi connectivity index (χ0n) is 15.9. The van der Waals surface area contributed by atoms with Crippen molar-refractivity contribution in [1.82, 2.24) is 20.1 Å². The standard InChI is InChI=1S/C22H22N4O3/c27-19(14-15-6-8-18(9-7-15)22(28)29)26-12-10-17(11-13-26)21-23-20(24-25-21)16-4-2-1-3-5-16/h1-9,17H,10-14H2,(H,28,29)(H,23,24,25). The maximum absolute atomic E-state index is 12.6. The van der Waals surface area contributed by atoms with Gasteiger partial charge in [-0.25, -0.2) is 9.78 Å². The molecule has 1 aromatic heterocycles. The summed E-state index contributed by atoms with van der Waals surface area (Å²) >= 11 is 0. The van der Waals surface area contributed by atoms with E-state index in [2.05, 4.69) is 15.2 Å². The second-order valence-corrected chi connectivity index (χ2v) is 7.24. The van der Waals surface area contributed by atoms with E-state index in [1.807, 2.05) is 35.2 Å². The van der Waals surface area contributed by atoms with Crippen LogP contribution in [-0.2, 0) is 11.2 Å². The Morgan fingerprint density at radius 2 is 1.72 bits per heavy atom. The number of aromatic amines is 1. The largest absolute Gasteiger partial charge is 0.478 e. The maximum Gasteiger partial charge on any atom is 0.335 e. The Labute approximate surface area is 168 Å². The molecule has 7 nitrogen and oxygen atoms in total. The summed E-state index contributed by atoms with van der Waals surface area (Å²) in [6.45, 7) is 1.36. The van der Waals surface area contributed by atoms with Gasteiger partial charge in [-0.3, -0.25) is 9.89 Å². The Morgan fingerprint density at radius 1 is 1.03 bits per heavy atom. The summed E-state index contributed by atoms with van der Waals surface area (Å²) in [6, 6.07) is 16.3. The van der Waals surface area contributed by atoms with E-state index < -0.39 is 5.97 Å². The fraction of sp³-hybridized carbons (Fsp3) is 0.273. The molecular weight excluding hydrogens is 368 g/mol. The van der Waals surface area contributed by atoms with E-state index in [1.165, 1.54) is 12.1 Å². The van der Waals surface area contributed by atoms with Gasteiger partial charge in [-0.15, -0.1) is 0 Å². The molecule has 29 heavy (non-hydrogen) atoms. The molecule has 0 unspecified atom stereocenters. The number of piperidine rings is 1. The average molecular weight is 390 g/mol. The molecule has 1 saturated heterocycles. The lowest BCUT2D eigenvalue weighted by Crippen LogP contribution is -2.39. The Kier molecular flexibility index (Phi) is 5.37. The number of rotatable bonds is 5. The summed E-state index contributed by atoms with van der Waals surface area (Å²) in [5.74, 6) is 0.935. The molecule has 4 rings (SSSR count). The van der Waals surface area contributed by atoms with Crippen molar-refractivity contribution in [1.29, 1.82) is 0 Å². The molecule has 1 amide bonds. The number of likely N-dealkylation sites (tertiary alicyclic amines) is 1. The van der Waals surface area contributed by atoms with E-state index in [-0.39, 0.29) is 23.8 Å². The van der Waals surface area contributed by atoms with Gasteiger partial charge >= 0.3 is 5.97 Å². The number of carboxylic acid groups (broad SMARTS) is 1. The predicted octanol–water partition coefficient (Wildman–Crippen LogP) is 3.12. The minimum atomic E-state index is -0.965. The number of aromatic nitrogens is 3. The van der Waals surface area contributed by atoms with Crippen LogP contribution in [0.15, 0.2) is 54.6 Å². The van der Waals surface area contributed by atoms with Crippen molar-refractivity contribution in [2.75, 3.05) is 13.1 Å². The van der Waals surface area contributed by atoms with Crippen LogP contribution >= 0.6 is 0 Å². The number of nitrogens with one attached hydrogen (secondary N) is 1. The number of aromatic carboxylic acids is 1. The van der Waals surface area contributed by atoms with Gasteiger partial charge in [0.25, 0.3) is 0 Å². The maximum atomic E-state index is 12.6. The third-order valence-electron chi connectivity index (χ3n) is 5.33. The van der Waals surface area contributed by atoms with Gasteiger partial charge in [0.15, 0.2) is 5.82 Å². The van der Waals surface area contributed by atoms with Crippen LogP contribution in [0.3, 0.4) is 0 Å². The number of benzene rings is 2. The van der Waals surface area contributed by atoms with Gasteiger partial charge < -0.3 is 10.0 Å². The van der Waals surface area contributed by atoms with Gasteiger partial charge in [-0.05, 0) is 30.5 Å². The van der Waals surface area contributed by atoms with Crippen LogP contribution < -0.4 is 0 Å². The number of nitrogens with zero attached hydrogens (tertiary/aromatic N) is 3. The topological polar surface area (TPSA) is 99.2 Å². The number of carboxylic acids is 1. The quantitative estimate of drug-likeness (QED) is 0.697. The summed E-state index contributed by atoms with van der Waals surface area (Å²) in [5, 5.41) is 16.4. The lowest BCUT2D eigenvalue weighted by Gasteiger charge is -2.31. The number of carbonyl (C=O) groups is 2. The highest BCUT2D eigenvalue weighted by Crippen LogP contribution is 2.27. The zero-order valence-corrected chi connectivity index (χ0v) is 15.9. The van der Waals surface area contributed by atoms with Crippen molar-refractivity contribution < 1.29 is 14.7 Å².